The second-order valence-corrected chi connectivity index (χ2v) is 4.03. The van der Waals surface area contributed by atoms with Gasteiger partial charge in [-0.2, -0.15) is 0 Å². The van der Waals surface area contributed by atoms with Crippen LogP contribution in [-0.4, -0.2) is 4.98 Å². The van der Waals surface area contributed by atoms with E-state index in [1.165, 1.54) is 18.2 Å². The minimum Gasteiger partial charge on any atom is -0.397 e. The van der Waals surface area contributed by atoms with E-state index in [0.717, 1.165) is 0 Å². The number of anilines is 3. The Kier molecular flexibility index (Phi) is 3.15. The van der Waals surface area contributed by atoms with E-state index in [0.29, 0.717) is 27.9 Å². The zero-order valence-corrected chi connectivity index (χ0v) is 9.92. The first-order chi connectivity index (χ1) is 8.06. The third kappa shape index (κ3) is 2.65. The molecule has 1 aromatic carbocycles. The molecule has 0 bridgehead atoms. The number of halogens is 2. The van der Waals surface area contributed by atoms with E-state index in [9.17, 15) is 4.39 Å². The molecule has 1 aromatic heterocycles. The number of nitrogen functional groups attached to an aromatic ring is 1. The summed E-state index contributed by atoms with van der Waals surface area (Å²) in [4.78, 5) is 4.22. The first kappa shape index (κ1) is 11.7. The Labute approximate surface area is 103 Å². The van der Waals surface area contributed by atoms with Crippen molar-refractivity contribution in [1.82, 2.24) is 4.98 Å². The van der Waals surface area contributed by atoms with Gasteiger partial charge in [0.15, 0.2) is 0 Å². The highest BCUT2D eigenvalue weighted by molar-refractivity contribution is 6.33. The van der Waals surface area contributed by atoms with E-state index in [-0.39, 0.29) is 5.82 Å². The van der Waals surface area contributed by atoms with Gasteiger partial charge in [-0.1, -0.05) is 11.6 Å². The van der Waals surface area contributed by atoms with Crippen LogP contribution >= 0.6 is 11.6 Å². The molecule has 2 aromatic rings. The van der Waals surface area contributed by atoms with E-state index < -0.39 is 0 Å². The molecule has 0 radical (unpaired) electrons. The molecule has 2 rings (SSSR count). The molecule has 0 atom stereocenters. The Hall–Kier alpha value is -1.81. The van der Waals surface area contributed by atoms with Crippen LogP contribution in [0.25, 0.3) is 0 Å². The van der Waals surface area contributed by atoms with Gasteiger partial charge < -0.3 is 11.1 Å². The van der Waals surface area contributed by atoms with Gasteiger partial charge >= 0.3 is 0 Å². The fraction of sp³-hybridized carbons (Fsp3) is 0.0833. The zero-order valence-electron chi connectivity index (χ0n) is 9.17. The summed E-state index contributed by atoms with van der Waals surface area (Å²) in [5.41, 5.74) is 7.46. The number of pyridine rings is 1. The molecule has 0 aliphatic carbocycles. The first-order valence-electron chi connectivity index (χ1n) is 5.01. The van der Waals surface area contributed by atoms with Crippen LogP contribution < -0.4 is 11.1 Å². The average molecular weight is 252 g/mol. The predicted molar refractivity (Wildman–Crippen MR) is 68.1 cm³/mol. The van der Waals surface area contributed by atoms with Crippen molar-refractivity contribution < 1.29 is 4.39 Å². The van der Waals surface area contributed by atoms with E-state index in [1.807, 2.05) is 0 Å². The third-order valence-corrected chi connectivity index (χ3v) is 2.65. The number of nitrogens with zero attached hydrogens (tertiary/aromatic N) is 1. The Balaban J connectivity index is 2.31. The highest BCUT2D eigenvalue weighted by atomic mass is 35.5. The maximum absolute atomic E-state index is 13.1. The van der Waals surface area contributed by atoms with E-state index in [1.54, 1.807) is 19.1 Å². The summed E-state index contributed by atoms with van der Waals surface area (Å²) in [6.07, 6.45) is 0. The standard InChI is InChI=1S/C12H11ClFN3/c1-7-10(15)4-5-12(16-7)17-11-6-8(14)2-3-9(11)13/h2-6H,15H2,1H3,(H,16,17). The van der Waals surface area contributed by atoms with E-state index in [2.05, 4.69) is 10.3 Å². The molecule has 0 unspecified atom stereocenters. The van der Waals surface area contributed by atoms with Crippen molar-refractivity contribution in [2.75, 3.05) is 11.1 Å². The monoisotopic (exact) mass is 251 g/mol. The maximum atomic E-state index is 13.1. The van der Waals surface area contributed by atoms with Gasteiger partial charge in [-0.3, -0.25) is 0 Å². The maximum Gasteiger partial charge on any atom is 0.130 e. The lowest BCUT2D eigenvalue weighted by molar-refractivity contribution is 0.628. The molecule has 0 aliphatic heterocycles. The molecule has 0 fully saturated rings. The number of rotatable bonds is 2. The van der Waals surface area contributed by atoms with Crippen molar-refractivity contribution in [3.63, 3.8) is 0 Å². The molecule has 0 saturated heterocycles. The second kappa shape index (κ2) is 4.59. The van der Waals surface area contributed by atoms with E-state index in [4.69, 9.17) is 17.3 Å². The molecule has 0 saturated carbocycles. The summed E-state index contributed by atoms with van der Waals surface area (Å²) in [5, 5.41) is 3.38. The van der Waals surface area contributed by atoms with Crippen LogP contribution in [0, 0.1) is 12.7 Å². The number of nitrogens with one attached hydrogen (secondary N) is 1. The highest BCUT2D eigenvalue weighted by Crippen LogP contribution is 2.26. The summed E-state index contributed by atoms with van der Waals surface area (Å²) in [6.45, 7) is 1.80. The largest absolute Gasteiger partial charge is 0.397 e. The lowest BCUT2D eigenvalue weighted by Crippen LogP contribution is -1.99. The highest BCUT2D eigenvalue weighted by Gasteiger charge is 2.04. The molecule has 88 valence electrons. The summed E-state index contributed by atoms with van der Waals surface area (Å²) >= 11 is 5.94. The number of hydrogen-bond donors (Lipinski definition) is 2. The Morgan fingerprint density at radius 2 is 2.06 bits per heavy atom. The summed E-state index contributed by atoms with van der Waals surface area (Å²) < 4.78 is 13.1. The molecule has 0 spiro atoms. The fourth-order valence-corrected chi connectivity index (χ4v) is 1.54. The molecular weight excluding hydrogens is 241 g/mol. The molecule has 17 heavy (non-hydrogen) atoms. The van der Waals surface area contributed by atoms with Gasteiger partial charge in [-0.25, -0.2) is 9.37 Å². The smallest absolute Gasteiger partial charge is 0.130 e. The van der Waals surface area contributed by atoms with Crippen LogP contribution in [0.2, 0.25) is 5.02 Å². The molecule has 3 nitrogen and oxygen atoms in total. The van der Waals surface area contributed by atoms with Crippen LogP contribution in [0.15, 0.2) is 30.3 Å². The van der Waals surface area contributed by atoms with E-state index >= 15 is 0 Å². The molecule has 3 N–H and O–H groups in total. The molecular formula is C12H11ClFN3. The quantitative estimate of drug-likeness (QED) is 0.859. The van der Waals surface area contributed by atoms with Crippen molar-refractivity contribution in [3.8, 4) is 0 Å². The van der Waals surface area contributed by atoms with Gasteiger partial charge in [-0.15, -0.1) is 0 Å². The van der Waals surface area contributed by atoms with Crippen molar-refractivity contribution in [2.24, 2.45) is 0 Å². The predicted octanol–water partition coefficient (Wildman–Crippen LogP) is 3.51. The lowest BCUT2D eigenvalue weighted by Gasteiger charge is -2.09. The molecule has 1 heterocycles. The van der Waals surface area contributed by atoms with Crippen LogP contribution in [-0.2, 0) is 0 Å². The van der Waals surface area contributed by atoms with Crippen LogP contribution in [0.3, 0.4) is 0 Å². The van der Waals surface area contributed by atoms with Crippen LogP contribution in [0.4, 0.5) is 21.6 Å². The number of hydrogen-bond acceptors (Lipinski definition) is 3. The summed E-state index contributed by atoms with van der Waals surface area (Å²) in [6, 6.07) is 7.55. The summed E-state index contributed by atoms with van der Waals surface area (Å²) in [5.74, 6) is 0.216. The number of nitrogens with two attached hydrogens (primary N) is 1. The third-order valence-electron chi connectivity index (χ3n) is 2.32. The van der Waals surface area contributed by atoms with Crippen molar-refractivity contribution in [3.05, 3.63) is 46.9 Å². The van der Waals surface area contributed by atoms with Gasteiger partial charge in [-0.05, 0) is 37.3 Å². The summed E-state index contributed by atoms with van der Waals surface area (Å²) in [7, 11) is 0. The first-order valence-corrected chi connectivity index (χ1v) is 5.39. The van der Waals surface area contributed by atoms with Crippen molar-refractivity contribution >= 4 is 28.8 Å². The lowest BCUT2D eigenvalue weighted by atomic mass is 10.3. The van der Waals surface area contributed by atoms with Gasteiger partial charge in [0, 0.05) is 0 Å². The van der Waals surface area contributed by atoms with Crippen molar-refractivity contribution in [1.29, 1.82) is 0 Å². The Bertz CT molecular complexity index is 557. The fourth-order valence-electron chi connectivity index (χ4n) is 1.37. The topological polar surface area (TPSA) is 50.9 Å². The Morgan fingerprint density at radius 1 is 1.29 bits per heavy atom. The van der Waals surface area contributed by atoms with Gasteiger partial charge in [0.1, 0.15) is 11.6 Å². The Morgan fingerprint density at radius 3 is 2.76 bits per heavy atom. The van der Waals surface area contributed by atoms with Crippen molar-refractivity contribution in [2.45, 2.75) is 6.92 Å². The van der Waals surface area contributed by atoms with Gasteiger partial charge in [0.05, 0.1) is 22.1 Å². The number of benzene rings is 1. The average Bonchev–Trinajstić information content (AvgIpc) is 2.29. The molecule has 0 amide bonds. The molecule has 0 aliphatic rings. The number of aryl methyl sites for hydroxylation is 1. The van der Waals surface area contributed by atoms with Crippen LogP contribution in [0.5, 0.6) is 0 Å². The number of aromatic nitrogens is 1. The minimum absolute atomic E-state index is 0.357. The van der Waals surface area contributed by atoms with Gasteiger partial charge in [0.2, 0.25) is 0 Å². The molecule has 5 heteroatoms. The normalized spacial score (nSPS) is 10.3. The SMILES string of the molecule is Cc1nc(Nc2cc(F)ccc2Cl)ccc1N. The second-order valence-electron chi connectivity index (χ2n) is 3.62. The zero-order chi connectivity index (χ0) is 12.4. The van der Waals surface area contributed by atoms with Crippen LogP contribution in [0.1, 0.15) is 5.69 Å². The van der Waals surface area contributed by atoms with Gasteiger partial charge in [0.25, 0.3) is 0 Å². The minimum atomic E-state index is -0.357.